The van der Waals surface area contributed by atoms with Gasteiger partial charge in [-0.15, -0.1) is 0 Å². The number of amides is 1. The molecule has 0 fully saturated rings. The van der Waals surface area contributed by atoms with E-state index >= 15 is 0 Å². The molecule has 6 aromatic rings. The number of hydrogen-bond donors (Lipinski definition) is 1. The van der Waals surface area contributed by atoms with E-state index in [1.807, 2.05) is 42.5 Å². The summed E-state index contributed by atoms with van der Waals surface area (Å²) in [7, 11) is 0. The average Bonchev–Trinajstić information content (AvgIpc) is 3.62. The third-order valence-electron chi connectivity index (χ3n) is 7.43. The Morgan fingerprint density at radius 3 is 1.33 bits per heavy atom. The number of hydrogen-bond acceptors (Lipinski definition) is 8. The van der Waals surface area contributed by atoms with Crippen LogP contribution < -0.4 is 21.6 Å². The van der Waals surface area contributed by atoms with Gasteiger partial charge in [-0.2, -0.15) is 0 Å². The lowest BCUT2D eigenvalue weighted by Crippen LogP contribution is -2.16. The van der Waals surface area contributed by atoms with E-state index in [4.69, 9.17) is 0 Å². The second-order valence-electron chi connectivity index (χ2n) is 11.7. The van der Waals surface area contributed by atoms with Crippen LogP contribution in [0.2, 0.25) is 0 Å². The minimum Gasteiger partial charge on any atom is -0.319 e. The van der Waals surface area contributed by atoms with Crippen LogP contribution in [0.1, 0.15) is 56.4 Å². The molecule has 0 spiro atoms. The van der Waals surface area contributed by atoms with E-state index in [-0.39, 0.29) is 38.1 Å². The molecule has 0 saturated heterocycles. The van der Waals surface area contributed by atoms with Crippen LogP contribution in [0.25, 0.3) is 0 Å². The van der Waals surface area contributed by atoms with Gasteiger partial charge in [0, 0.05) is 16.7 Å². The van der Waals surface area contributed by atoms with E-state index in [0.717, 1.165) is 29.1 Å². The lowest BCUT2D eigenvalue weighted by Gasteiger charge is -2.02. The third-order valence-corrected chi connectivity index (χ3v) is 9.39. The molecule has 1 N–H and O–H groups in total. The molecule has 0 aliphatic carbocycles. The van der Waals surface area contributed by atoms with E-state index in [0.29, 0.717) is 32.4 Å². The summed E-state index contributed by atoms with van der Waals surface area (Å²) in [5.41, 5.74) is 2.63. The van der Waals surface area contributed by atoms with Gasteiger partial charge in [-0.25, -0.2) is 0 Å². The van der Waals surface area contributed by atoms with Gasteiger partial charge >= 0.3 is 0 Å². The lowest BCUT2D eigenvalue weighted by atomic mass is 10.1. The molecule has 9 heteroatoms. The van der Waals surface area contributed by atoms with Gasteiger partial charge in [0.05, 0.1) is 15.5 Å². The molecular formula is C45H37NO6S2. The van der Waals surface area contributed by atoms with Gasteiger partial charge < -0.3 is 5.32 Å². The molecule has 0 saturated carbocycles. The van der Waals surface area contributed by atoms with Crippen molar-refractivity contribution < 1.29 is 14.4 Å². The molecule has 0 atom stereocenters. The van der Waals surface area contributed by atoms with Crippen LogP contribution in [0, 0.1) is 0 Å². The van der Waals surface area contributed by atoms with E-state index < -0.39 is 0 Å². The first-order valence-corrected chi connectivity index (χ1v) is 18.5. The number of rotatable bonds is 7. The van der Waals surface area contributed by atoms with E-state index in [1.54, 1.807) is 115 Å². The van der Waals surface area contributed by atoms with E-state index in [2.05, 4.69) is 19.2 Å². The first-order chi connectivity index (χ1) is 26.1. The van der Waals surface area contributed by atoms with Crippen LogP contribution in [0.5, 0.6) is 0 Å². The summed E-state index contributed by atoms with van der Waals surface area (Å²) in [6.45, 7) is 4.14. The molecule has 0 aliphatic heterocycles. The third kappa shape index (κ3) is 13.1. The van der Waals surface area contributed by atoms with Crippen LogP contribution in [-0.2, 0) is 0 Å². The molecule has 0 unspecified atom stereocenters. The number of anilines is 1. The summed E-state index contributed by atoms with van der Waals surface area (Å²) in [6.07, 6.45) is 0. The Morgan fingerprint density at radius 1 is 0.426 bits per heavy atom. The molecule has 0 aliphatic rings. The molecule has 1 amide bonds. The summed E-state index contributed by atoms with van der Waals surface area (Å²) in [4.78, 5) is 71.9. The van der Waals surface area contributed by atoms with Crippen LogP contribution in [-0.4, -0.2) is 16.1 Å². The normalized spacial score (nSPS) is 10.1. The summed E-state index contributed by atoms with van der Waals surface area (Å²) in [6, 6.07) is 50.1. The molecule has 54 heavy (non-hydrogen) atoms. The molecule has 6 aromatic carbocycles. The summed E-state index contributed by atoms with van der Waals surface area (Å²) in [5.74, 6) is 0.0679. The molecule has 270 valence electrons. The standard InChI is InChI=1S/C17H16O2S.C14H11NO2.C14H10O2S/c1-12(2)13-8-10-15(18)16(11-9-13)20-17(19)14-6-4-3-5-7-14;16-13-10-6-2-5-9-12(13)15-14(17)11-7-3-1-4-8-11;15-12-9-5-2-6-10-13(12)17-14(16)11-7-3-1-4-8-11/h3-12H,1-2H3;1-10H,(H,15,16,17);1-10H. The molecule has 7 nitrogen and oxygen atoms in total. The Balaban J connectivity index is 0.000000181. The SMILES string of the molecule is CC(C)c1ccc(SC(=O)c2ccccc2)c(=O)cc1.O=C(Nc1cccccc1=O)c1ccccc1.O=C(Sc1cccccc1=O)c1ccccc1. The topological polar surface area (TPSA) is 114 Å². The van der Waals surface area contributed by atoms with Gasteiger partial charge in [0.25, 0.3) is 5.91 Å². The maximum Gasteiger partial charge on any atom is 0.255 e. The van der Waals surface area contributed by atoms with Crippen molar-refractivity contribution in [2.45, 2.75) is 29.6 Å². The maximum absolute atomic E-state index is 12.1. The molecule has 6 rings (SSSR count). The Kier molecular flexibility index (Phi) is 16.1. The predicted molar refractivity (Wildman–Crippen MR) is 220 cm³/mol. The monoisotopic (exact) mass is 751 g/mol. The van der Waals surface area contributed by atoms with Crippen molar-refractivity contribution in [3.8, 4) is 0 Å². The van der Waals surface area contributed by atoms with Crippen molar-refractivity contribution in [1.82, 2.24) is 0 Å². The second-order valence-corrected chi connectivity index (χ2v) is 13.7. The first kappa shape index (κ1) is 40.6. The van der Waals surface area contributed by atoms with Crippen molar-refractivity contribution in [2.24, 2.45) is 0 Å². The zero-order valence-corrected chi connectivity index (χ0v) is 31.2. The molecule has 0 aromatic heterocycles. The quantitative estimate of drug-likeness (QED) is 0.161. The number of nitrogens with one attached hydrogen (secondary N) is 1. The van der Waals surface area contributed by atoms with Gasteiger partial charge in [-0.3, -0.25) is 28.8 Å². The fourth-order valence-electron chi connectivity index (χ4n) is 4.52. The first-order valence-electron chi connectivity index (χ1n) is 16.9. The Morgan fingerprint density at radius 2 is 0.815 bits per heavy atom. The highest BCUT2D eigenvalue weighted by atomic mass is 32.2. The zero-order chi connectivity index (χ0) is 38.7. The highest BCUT2D eigenvalue weighted by Gasteiger charge is 2.11. The van der Waals surface area contributed by atoms with Gasteiger partial charge in [-0.05, 0) is 83.5 Å². The van der Waals surface area contributed by atoms with Gasteiger partial charge in [-0.1, -0.05) is 141 Å². The van der Waals surface area contributed by atoms with Crippen LogP contribution in [0.4, 0.5) is 5.69 Å². The van der Waals surface area contributed by atoms with Gasteiger partial charge in [0.1, 0.15) is 0 Å². The van der Waals surface area contributed by atoms with E-state index in [1.165, 1.54) is 18.2 Å². The Bertz CT molecular complexity index is 2250. The maximum atomic E-state index is 12.1. The molecular weight excluding hydrogens is 715 g/mol. The van der Waals surface area contributed by atoms with Crippen molar-refractivity contribution >= 4 is 45.3 Å². The lowest BCUT2D eigenvalue weighted by molar-refractivity contribution is 0.102. The highest BCUT2D eigenvalue weighted by Crippen LogP contribution is 2.21. The van der Waals surface area contributed by atoms with Crippen molar-refractivity contribution in [3.63, 3.8) is 0 Å². The number of carbonyl (C=O) groups excluding carboxylic acids is 3. The summed E-state index contributed by atoms with van der Waals surface area (Å²) >= 11 is 1.95. The van der Waals surface area contributed by atoms with Gasteiger partial charge in [0.15, 0.2) is 10.9 Å². The van der Waals surface area contributed by atoms with Crippen molar-refractivity contribution in [3.05, 3.63) is 229 Å². The largest absolute Gasteiger partial charge is 0.319 e. The smallest absolute Gasteiger partial charge is 0.255 e. The minimum absolute atomic E-state index is 0.111. The summed E-state index contributed by atoms with van der Waals surface area (Å²) in [5, 5.41) is 2.37. The fraction of sp³-hybridized carbons (Fsp3) is 0.0667. The van der Waals surface area contributed by atoms with Crippen LogP contribution in [0.3, 0.4) is 0 Å². The van der Waals surface area contributed by atoms with Crippen LogP contribution in [0.15, 0.2) is 200 Å². The van der Waals surface area contributed by atoms with Crippen molar-refractivity contribution in [2.75, 3.05) is 5.32 Å². The second kappa shape index (κ2) is 21.4. The highest BCUT2D eigenvalue weighted by molar-refractivity contribution is 8.14. The summed E-state index contributed by atoms with van der Waals surface area (Å²) < 4.78 is 0. The molecule has 0 heterocycles. The zero-order valence-electron chi connectivity index (χ0n) is 29.6. The molecule has 0 bridgehead atoms. The van der Waals surface area contributed by atoms with Crippen molar-refractivity contribution in [1.29, 1.82) is 0 Å². The average molecular weight is 752 g/mol. The predicted octanol–water partition coefficient (Wildman–Crippen LogP) is 9.38. The number of thioether (sulfide) groups is 2. The van der Waals surface area contributed by atoms with Gasteiger partial charge in [0.2, 0.25) is 15.7 Å². The minimum atomic E-state index is -0.283. The number of benzene rings is 3. The fourth-order valence-corrected chi connectivity index (χ4v) is 6.04. The van der Waals surface area contributed by atoms with E-state index in [9.17, 15) is 28.8 Å². The van der Waals surface area contributed by atoms with Crippen LogP contribution >= 0.6 is 23.5 Å². The molecule has 0 radical (unpaired) electrons. The Hall–Kier alpha value is -6.16. The number of carbonyl (C=O) groups is 3. The Labute approximate surface area is 322 Å².